The maximum Gasteiger partial charge on any atom is 0.242 e. The number of aromatic nitrogens is 1. The van der Waals surface area contributed by atoms with Crippen molar-refractivity contribution in [2.45, 2.75) is 38.0 Å². The Hall–Kier alpha value is -2.04. The molecular formula is C17H25N5O4S. The summed E-state index contributed by atoms with van der Waals surface area (Å²) in [7, 11) is -3.33. The van der Waals surface area contributed by atoms with Crippen LogP contribution in [0.1, 0.15) is 19.0 Å². The fourth-order valence-corrected chi connectivity index (χ4v) is 4.60. The van der Waals surface area contributed by atoms with Gasteiger partial charge in [0.25, 0.3) is 0 Å². The molecular weight excluding hydrogens is 370 g/mol. The predicted octanol–water partition coefficient (Wildman–Crippen LogP) is -1.08. The highest BCUT2D eigenvalue weighted by molar-refractivity contribution is 7.88. The van der Waals surface area contributed by atoms with Crippen molar-refractivity contribution in [3.63, 3.8) is 0 Å². The molecule has 2 aliphatic heterocycles. The molecule has 0 aromatic carbocycles. The van der Waals surface area contributed by atoms with Crippen LogP contribution in [0.5, 0.6) is 0 Å². The second kappa shape index (κ2) is 7.91. The monoisotopic (exact) mass is 395 g/mol. The molecule has 2 fully saturated rings. The van der Waals surface area contributed by atoms with E-state index in [1.54, 1.807) is 11.1 Å². The standard InChI is InChI=1S/C17H25N5O4S/c1-12(23)19-8-16-17(24)22-10-14(20-27(2,25)26)7-15(22)11-21(16)9-13-5-3-4-6-18-13/h3-6,14-16,20H,7-11H2,1-2H3,(H,19,23)/t14-,15-,16-/m0/s1. The lowest BCUT2D eigenvalue weighted by atomic mass is 10.0. The van der Waals surface area contributed by atoms with E-state index in [2.05, 4.69) is 15.0 Å². The summed E-state index contributed by atoms with van der Waals surface area (Å²) < 4.78 is 25.7. The summed E-state index contributed by atoms with van der Waals surface area (Å²) in [6.45, 7) is 3.08. The van der Waals surface area contributed by atoms with Crippen LogP contribution in [-0.4, -0.2) is 79.0 Å². The SMILES string of the molecule is CC(=O)NC[C@H]1C(=O)N2C[C@@H](NS(C)(=O)=O)C[C@H]2CN1Cc1ccccn1. The number of carbonyl (C=O) groups is 2. The number of piperazine rings is 1. The normalized spacial score (nSPS) is 26.1. The number of hydrogen-bond acceptors (Lipinski definition) is 6. The van der Waals surface area contributed by atoms with Gasteiger partial charge >= 0.3 is 0 Å². The molecule has 3 heterocycles. The number of amides is 2. The number of nitrogens with one attached hydrogen (secondary N) is 2. The van der Waals surface area contributed by atoms with Crippen LogP contribution < -0.4 is 10.0 Å². The van der Waals surface area contributed by atoms with Gasteiger partial charge in [-0.25, -0.2) is 13.1 Å². The lowest BCUT2D eigenvalue weighted by Gasteiger charge is -2.42. The van der Waals surface area contributed by atoms with E-state index in [1.807, 2.05) is 23.1 Å². The third-order valence-electron chi connectivity index (χ3n) is 4.88. The van der Waals surface area contributed by atoms with Crippen molar-refractivity contribution in [1.82, 2.24) is 24.8 Å². The van der Waals surface area contributed by atoms with Crippen molar-refractivity contribution in [1.29, 1.82) is 0 Å². The fraction of sp³-hybridized carbons (Fsp3) is 0.588. The Morgan fingerprint density at radius 3 is 2.74 bits per heavy atom. The van der Waals surface area contributed by atoms with E-state index in [-0.39, 0.29) is 30.4 Å². The highest BCUT2D eigenvalue weighted by Crippen LogP contribution is 2.27. The van der Waals surface area contributed by atoms with Crippen LogP contribution in [0.25, 0.3) is 0 Å². The zero-order chi connectivity index (χ0) is 19.6. The second-order valence-corrected chi connectivity index (χ2v) is 8.95. The topological polar surface area (TPSA) is 112 Å². The molecule has 9 nitrogen and oxygen atoms in total. The molecule has 148 valence electrons. The first kappa shape index (κ1) is 19.7. The van der Waals surface area contributed by atoms with Crippen LogP contribution >= 0.6 is 0 Å². The number of pyridine rings is 1. The molecule has 0 aliphatic carbocycles. The van der Waals surface area contributed by atoms with Gasteiger partial charge in [-0.1, -0.05) is 6.07 Å². The third kappa shape index (κ3) is 5.02. The molecule has 3 rings (SSSR count). The van der Waals surface area contributed by atoms with E-state index in [0.717, 1.165) is 11.9 Å². The molecule has 0 saturated carbocycles. The summed E-state index contributed by atoms with van der Waals surface area (Å²) >= 11 is 0. The molecule has 10 heteroatoms. The van der Waals surface area contributed by atoms with E-state index in [1.165, 1.54) is 6.92 Å². The van der Waals surface area contributed by atoms with E-state index in [9.17, 15) is 18.0 Å². The highest BCUT2D eigenvalue weighted by atomic mass is 32.2. The van der Waals surface area contributed by atoms with Gasteiger partial charge in [0.1, 0.15) is 6.04 Å². The van der Waals surface area contributed by atoms with Gasteiger partial charge in [0.15, 0.2) is 0 Å². The molecule has 0 bridgehead atoms. The van der Waals surface area contributed by atoms with Crippen LogP contribution in [-0.2, 0) is 26.2 Å². The Balaban J connectivity index is 1.77. The maximum absolute atomic E-state index is 13.1. The molecule has 1 aromatic rings. The maximum atomic E-state index is 13.1. The Morgan fingerprint density at radius 1 is 1.33 bits per heavy atom. The molecule has 27 heavy (non-hydrogen) atoms. The van der Waals surface area contributed by atoms with E-state index < -0.39 is 16.1 Å². The Morgan fingerprint density at radius 2 is 2.11 bits per heavy atom. The average Bonchev–Trinajstić information content (AvgIpc) is 2.96. The molecule has 1 aromatic heterocycles. The molecule has 0 radical (unpaired) electrons. The summed E-state index contributed by atoms with van der Waals surface area (Å²) in [4.78, 5) is 32.5. The van der Waals surface area contributed by atoms with Crippen LogP contribution in [0.4, 0.5) is 0 Å². The number of rotatable bonds is 6. The fourth-order valence-electron chi connectivity index (χ4n) is 3.82. The van der Waals surface area contributed by atoms with Crippen molar-refractivity contribution in [3.8, 4) is 0 Å². The van der Waals surface area contributed by atoms with Gasteiger partial charge in [0, 0.05) is 51.4 Å². The number of hydrogen-bond donors (Lipinski definition) is 2. The quantitative estimate of drug-likeness (QED) is 0.634. The zero-order valence-electron chi connectivity index (χ0n) is 15.5. The van der Waals surface area contributed by atoms with E-state index in [4.69, 9.17) is 0 Å². The average molecular weight is 395 g/mol. The van der Waals surface area contributed by atoms with Gasteiger partial charge in [0.2, 0.25) is 21.8 Å². The Labute approximate surface area is 159 Å². The smallest absolute Gasteiger partial charge is 0.242 e. The predicted molar refractivity (Wildman–Crippen MR) is 99.0 cm³/mol. The van der Waals surface area contributed by atoms with Gasteiger partial charge in [-0.15, -0.1) is 0 Å². The molecule has 2 N–H and O–H groups in total. The number of sulfonamides is 1. The molecule has 2 saturated heterocycles. The van der Waals surface area contributed by atoms with E-state index in [0.29, 0.717) is 26.1 Å². The lowest BCUT2D eigenvalue weighted by Crippen LogP contribution is -2.62. The van der Waals surface area contributed by atoms with Crippen LogP contribution in [0, 0.1) is 0 Å². The minimum absolute atomic E-state index is 0.0611. The largest absolute Gasteiger partial charge is 0.354 e. The van der Waals surface area contributed by atoms with Crippen molar-refractivity contribution in [2.24, 2.45) is 0 Å². The molecule has 2 aliphatic rings. The molecule has 3 atom stereocenters. The molecule has 0 spiro atoms. The first-order valence-electron chi connectivity index (χ1n) is 8.89. The number of fused-ring (bicyclic) bond motifs is 1. The number of nitrogens with zero attached hydrogens (tertiary/aromatic N) is 3. The third-order valence-corrected chi connectivity index (χ3v) is 5.65. The first-order valence-corrected chi connectivity index (χ1v) is 10.8. The van der Waals surface area contributed by atoms with Gasteiger partial charge in [-0.3, -0.25) is 19.5 Å². The summed E-state index contributed by atoms with van der Waals surface area (Å²) in [5, 5.41) is 2.73. The van der Waals surface area contributed by atoms with Crippen LogP contribution in [0.3, 0.4) is 0 Å². The van der Waals surface area contributed by atoms with Gasteiger partial charge in [0.05, 0.1) is 11.9 Å². The Bertz CT molecular complexity index is 801. The zero-order valence-corrected chi connectivity index (χ0v) is 16.3. The second-order valence-electron chi connectivity index (χ2n) is 7.17. The van der Waals surface area contributed by atoms with Crippen molar-refractivity contribution in [2.75, 3.05) is 25.9 Å². The van der Waals surface area contributed by atoms with E-state index >= 15 is 0 Å². The van der Waals surface area contributed by atoms with Crippen molar-refractivity contribution < 1.29 is 18.0 Å². The minimum Gasteiger partial charge on any atom is -0.354 e. The summed E-state index contributed by atoms with van der Waals surface area (Å²) in [5.74, 6) is -0.283. The van der Waals surface area contributed by atoms with Crippen molar-refractivity contribution >= 4 is 21.8 Å². The summed E-state index contributed by atoms with van der Waals surface area (Å²) in [5.41, 5.74) is 0.843. The van der Waals surface area contributed by atoms with Gasteiger partial charge in [-0.05, 0) is 18.6 Å². The minimum atomic E-state index is -3.33. The Kier molecular flexibility index (Phi) is 5.78. The number of carbonyl (C=O) groups excluding carboxylic acids is 2. The summed E-state index contributed by atoms with van der Waals surface area (Å²) in [6.07, 6.45) is 3.40. The lowest BCUT2D eigenvalue weighted by molar-refractivity contribution is -0.144. The molecule has 0 unspecified atom stereocenters. The summed E-state index contributed by atoms with van der Waals surface area (Å²) in [6, 6.07) is 4.78. The van der Waals surface area contributed by atoms with Gasteiger partial charge < -0.3 is 10.2 Å². The highest BCUT2D eigenvalue weighted by Gasteiger charge is 2.45. The van der Waals surface area contributed by atoms with Crippen LogP contribution in [0.2, 0.25) is 0 Å². The van der Waals surface area contributed by atoms with Gasteiger partial charge in [-0.2, -0.15) is 0 Å². The first-order chi connectivity index (χ1) is 12.7. The van der Waals surface area contributed by atoms with Crippen molar-refractivity contribution in [3.05, 3.63) is 30.1 Å². The van der Waals surface area contributed by atoms with Crippen LogP contribution in [0.15, 0.2) is 24.4 Å². The molecule has 2 amide bonds.